The van der Waals surface area contributed by atoms with Gasteiger partial charge in [-0.3, -0.25) is 0 Å². The fourth-order valence-electron chi connectivity index (χ4n) is 1.97. The van der Waals surface area contributed by atoms with E-state index in [1.165, 1.54) is 0 Å². The maximum absolute atomic E-state index is 11.4. The lowest BCUT2D eigenvalue weighted by Crippen LogP contribution is -2.15. The molecule has 1 aromatic heterocycles. The summed E-state index contributed by atoms with van der Waals surface area (Å²) in [6, 6.07) is 0. The fourth-order valence-corrected chi connectivity index (χ4v) is 1.97. The van der Waals surface area contributed by atoms with Gasteiger partial charge < -0.3 is 10.4 Å². The van der Waals surface area contributed by atoms with E-state index in [9.17, 15) is 9.90 Å². The van der Waals surface area contributed by atoms with E-state index in [1.807, 2.05) is 32.9 Å². The maximum atomic E-state index is 11.4. The Morgan fingerprint density at radius 2 is 2.05 bits per heavy atom. The summed E-state index contributed by atoms with van der Waals surface area (Å²) in [5.41, 5.74) is 1.80. The third-order valence-corrected chi connectivity index (χ3v) is 2.90. The maximum Gasteiger partial charge on any atom is 0.339 e. The highest BCUT2D eigenvalue weighted by molar-refractivity contribution is 5.95. The average Bonchev–Trinajstić information content (AvgIpc) is 2.42. The smallest absolute Gasteiger partial charge is 0.339 e. The Bertz CT molecular complexity index is 470. The van der Waals surface area contributed by atoms with Crippen molar-refractivity contribution >= 4 is 11.8 Å². The van der Waals surface area contributed by atoms with Crippen LogP contribution < -0.4 is 5.32 Å². The Balaban J connectivity index is 3.06. The lowest BCUT2D eigenvalue weighted by Gasteiger charge is -2.13. The summed E-state index contributed by atoms with van der Waals surface area (Å²) in [5, 5.41) is 20.6. The number of nitrogens with one attached hydrogen (secondary N) is 1. The Morgan fingerprint density at radius 3 is 2.58 bits per heavy atom. The summed E-state index contributed by atoms with van der Waals surface area (Å²) in [7, 11) is 0. The molecule has 5 nitrogen and oxygen atoms in total. The van der Waals surface area contributed by atoms with Crippen LogP contribution in [0.4, 0.5) is 5.82 Å². The third kappa shape index (κ3) is 3.77. The number of carboxylic acid groups (broad SMARTS) is 1. The minimum atomic E-state index is -0.949. The monoisotopic (exact) mass is 263 g/mol. The van der Waals surface area contributed by atoms with Crippen molar-refractivity contribution in [2.24, 2.45) is 0 Å². The molecule has 0 atom stereocenters. The van der Waals surface area contributed by atoms with Crippen molar-refractivity contribution in [1.29, 1.82) is 0 Å². The summed E-state index contributed by atoms with van der Waals surface area (Å²) in [4.78, 5) is 11.4. The van der Waals surface area contributed by atoms with E-state index >= 15 is 0 Å². The van der Waals surface area contributed by atoms with E-state index in [0.717, 1.165) is 17.7 Å². The number of carboxylic acids is 1. The first-order valence-corrected chi connectivity index (χ1v) is 6.62. The van der Waals surface area contributed by atoms with Crippen LogP contribution >= 0.6 is 0 Å². The van der Waals surface area contributed by atoms with Gasteiger partial charge in [0.05, 0.1) is 5.69 Å². The van der Waals surface area contributed by atoms with Gasteiger partial charge in [-0.25, -0.2) is 4.79 Å². The van der Waals surface area contributed by atoms with Gasteiger partial charge in [-0.2, -0.15) is 5.10 Å². The molecule has 0 unspecified atom stereocenters. The SMILES string of the molecule is C/C=C/CCNc1nnc(CC)c(CC)c1C(=O)O. The second-order valence-corrected chi connectivity index (χ2v) is 4.15. The molecule has 0 saturated heterocycles. The van der Waals surface area contributed by atoms with E-state index in [0.29, 0.717) is 25.2 Å². The normalized spacial score (nSPS) is 10.9. The number of aromatic nitrogens is 2. The Morgan fingerprint density at radius 1 is 1.32 bits per heavy atom. The zero-order valence-corrected chi connectivity index (χ0v) is 11.7. The van der Waals surface area contributed by atoms with E-state index < -0.39 is 5.97 Å². The van der Waals surface area contributed by atoms with Crippen LogP contribution in [0.5, 0.6) is 0 Å². The minimum Gasteiger partial charge on any atom is -0.478 e. The summed E-state index contributed by atoms with van der Waals surface area (Å²) in [5.74, 6) is -0.582. The van der Waals surface area contributed by atoms with Gasteiger partial charge in [0.1, 0.15) is 5.56 Å². The van der Waals surface area contributed by atoms with Crippen LogP contribution in [0.15, 0.2) is 12.2 Å². The number of rotatable bonds is 7. The van der Waals surface area contributed by atoms with Crippen LogP contribution in [0.1, 0.15) is 48.8 Å². The topological polar surface area (TPSA) is 75.1 Å². The number of hydrogen-bond donors (Lipinski definition) is 2. The number of carbonyl (C=O) groups is 1. The van der Waals surface area contributed by atoms with Crippen molar-refractivity contribution in [3.63, 3.8) is 0 Å². The van der Waals surface area contributed by atoms with Gasteiger partial charge in [-0.15, -0.1) is 5.10 Å². The molecule has 0 amide bonds. The summed E-state index contributed by atoms with van der Waals surface area (Å²) >= 11 is 0. The van der Waals surface area contributed by atoms with Crippen molar-refractivity contribution in [2.45, 2.75) is 40.0 Å². The number of aryl methyl sites for hydroxylation is 1. The second-order valence-electron chi connectivity index (χ2n) is 4.15. The standard InChI is InChI=1S/C14H21N3O2/c1-4-7-8-9-15-13-12(14(18)19)10(5-2)11(6-3)16-17-13/h4,7H,5-6,8-9H2,1-3H3,(H,15,17)(H,18,19)/b7-4+. The fraction of sp³-hybridized carbons (Fsp3) is 0.500. The van der Waals surface area contributed by atoms with E-state index in [4.69, 9.17) is 0 Å². The van der Waals surface area contributed by atoms with E-state index in [-0.39, 0.29) is 5.56 Å². The van der Waals surface area contributed by atoms with Gasteiger partial charge in [-0.1, -0.05) is 26.0 Å². The number of allylic oxidation sites excluding steroid dienone is 1. The predicted molar refractivity (Wildman–Crippen MR) is 75.7 cm³/mol. The highest BCUT2D eigenvalue weighted by atomic mass is 16.4. The van der Waals surface area contributed by atoms with Crippen molar-refractivity contribution in [1.82, 2.24) is 10.2 Å². The second kappa shape index (κ2) is 7.51. The summed E-state index contributed by atoms with van der Waals surface area (Å²) in [6.07, 6.45) is 6.14. The summed E-state index contributed by atoms with van der Waals surface area (Å²) in [6.45, 7) is 6.49. The lowest BCUT2D eigenvalue weighted by atomic mass is 10.0. The molecular formula is C14H21N3O2. The zero-order chi connectivity index (χ0) is 14.3. The zero-order valence-electron chi connectivity index (χ0n) is 11.7. The minimum absolute atomic E-state index is 0.259. The first-order valence-electron chi connectivity index (χ1n) is 6.62. The lowest BCUT2D eigenvalue weighted by molar-refractivity contribution is 0.0696. The first-order chi connectivity index (χ1) is 9.15. The van der Waals surface area contributed by atoms with Crippen LogP contribution in [0.2, 0.25) is 0 Å². The van der Waals surface area contributed by atoms with Crippen LogP contribution in [-0.2, 0) is 12.8 Å². The molecule has 104 valence electrons. The molecule has 0 spiro atoms. The Kier molecular flexibility index (Phi) is 5.99. The molecule has 0 radical (unpaired) electrons. The van der Waals surface area contributed by atoms with Gasteiger partial charge in [0.15, 0.2) is 5.82 Å². The Labute approximate surface area is 113 Å². The molecule has 1 heterocycles. The number of hydrogen-bond acceptors (Lipinski definition) is 4. The predicted octanol–water partition coefficient (Wildman–Crippen LogP) is 2.68. The van der Waals surface area contributed by atoms with E-state index in [2.05, 4.69) is 15.5 Å². The van der Waals surface area contributed by atoms with Crippen LogP contribution in [-0.4, -0.2) is 27.8 Å². The highest BCUT2D eigenvalue weighted by Gasteiger charge is 2.19. The van der Waals surface area contributed by atoms with Crippen molar-refractivity contribution in [3.8, 4) is 0 Å². The highest BCUT2D eigenvalue weighted by Crippen LogP contribution is 2.20. The molecule has 0 aromatic carbocycles. The molecule has 0 bridgehead atoms. The molecule has 1 aromatic rings. The summed E-state index contributed by atoms with van der Waals surface area (Å²) < 4.78 is 0. The van der Waals surface area contributed by atoms with Gasteiger partial charge >= 0.3 is 5.97 Å². The molecule has 2 N–H and O–H groups in total. The number of aromatic carboxylic acids is 1. The molecule has 0 aliphatic carbocycles. The molecular weight excluding hydrogens is 242 g/mol. The molecule has 0 aliphatic rings. The molecule has 0 aliphatic heterocycles. The van der Waals surface area contributed by atoms with Crippen molar-refractivity contribution in [2.75, 3.05) is 11.9 Å². The van der Waals surface area contributed by atoms with Crippen LogP contribution in [0.25, 0.3) is 0 Å². The van der Waals surface area contributed by atoms with Gasteiger partial charge in [-0.05, 0) is 31.7 Å². The molecule has 1 rings (SSSR count). The number of anilines is 1. The Hall–Kier alpha value is -1.91. The van der Waals surface area contributed by atoms with Crippen molar-refractivity contribution in [3.05, 3.63) is 29.0 Å². The van der Waals surface area contributed by atoms with Crippen LogP contribution in [0.3, 0.4) is 0 Å². The van der Waals surface area contributed by atoms with Crippen molar-refractivity contribution < 1.29 is 9.90 Å². The van der Waals surface area contributed by atoms with Gasteiger partial charge in [0.25, 0.3) is 0 Å². The van der Waals surface area contributed by atoms with Gasteiger partial charge in [0.2, 0.25) is 0 Å². The first kappa shape index (κ1) is 15.1. The van der Waals surface area contributed by atoms with Crippen LogP contribution in [0, 0.1) is 0 Å². The number of nitrogens with zero attached hydrogens (tertiary/aromatic N) is 2. The molecule has 19 heavy (non-hydrogen) atoms. The molecule has 5 heteroatoms. The van der Waals surface area contributed by atoms with Gasteiger partial charge in [0, 0.05) is 6.54 Å². The molecule has 0 fully saturated rings. The molecule has 0 saturated carbocycles. The average molecular weight is 263 g/mol. The van der Waals surface area contributed by atoms with E-state index in [1.54, 1.807) is 0 Å². The largest absolute Gasteiger partial charge is 0.478 e. The third-order valence-electron chi connectivity index (χ3n) is 2.90. The quantitative estimate of drug-likeness (QED) is 0.584.